The van der Waals surface area contributed by atoms with Gasteiger partial charge in [-0.25, -0.2) is 15.0 Å². The summed E-state index contributed by atoms with van der Waals surface area (Å²) in [5, 5.41) is 3.45. The first-order chi connectivity index (χ1) is 12.6. The maximum absolute atomic E-state index is 5.62. The summed E-state index contributed by atoms with van der Waals surface area (Å²) in [6.45, 7) is 4.91. The molecule has 26 heavy (non-hydrogen) atoms. The van der Waals surface area contributed by atoms with Crippen LogP contribution < -0.4 is 10.1 Å². The third-order valence-corrected chi connectivity index (χ3v) is 4.36. The lowest BCUT2D eigenvalue weighted by atomic mass is 10.1. The van der Waals surface area contributed by atoms with Gasteiger partial charge in [-0.05, 0) is 37.6 Å². The topological polar surface area (TPSA) is 69.2 Å². The van der Waals surface area contributed by atoms with Crippen LogP contribution in [0, 0.1) is 6.92 Å². The van der Waals surface area contributed by atoms with Gasteiger partial charge in [-0.2, -0.15) is 0 Å². The fraction of sp³-hybridized carbons (Fsp3) is 0.316. The fourth-order valence-corrected chi connectivity index (χ4v) is 3.00. The van der Waals surface area contributed by atoms with Gasteiger partial charge in [0.05, 0.1) is 18.2 Å². The number of ether oxygens (including phenoxy) is 2. The number of hydrogen-bond donors (Lipinski definition) is 1. The van der Waals surface area contributed by atoms with E-state index in [1.807, 2.05) is 31.2 Å². The molecule has 7 heteroatoms. The average molecular weight is 417 g/mol. The molecule has 1 unspecified atom stereocenters. The second kappa shape index (κ2) is 8.42. The van der Waals surface area contributed by atoms with Crippen LogP contribution in [-0.2, 0) is 4.74 Å². The predicted octanol–water partition coefficient (Wildman–Crippen LogP) is 4.29. The molecule has 0 aliphatic carbocycles. The van der Waals surface area contributed by atoms with Crippen molar-refractivity contribution >= 4 is 32.8 Å². The Morgan fingerprint density at radius 2 is 1.96 bits per heavy atom. The summed E-state index contributed by atoms with van der Waals surface area (Å²) >= 11 is 3.51. The highest BCUT2D eigenvalue weighted by Gasteiger charge is 2.13. The predicted molar refractivity (Wildman–Crippen MR) is 106 cm³/mol. The number of halogens is 1. The Hall–Kier alpha value is -2.25. The first kappa shape index (κ1) is 18.5. The highest BCUT2D eigenvalue weighted by atomic mass is 79.9. The molecular weight excluding hydrogens is 396 g/mol. The van der Waals surface area contributed by atoms with E-state index in [1.165, 1.54) is 0 Å². The number of nitrogens with one attached hydrogen (secondary N) is 1. The Balaban J connectivity index is 1.91. The van der Waals surface area contributed by atoms with Crippen molar-refractivity contribution in [1.82, 2.24) is 15.0 Å². The number of methoxy groups -OCH3 is 1. The van der Waals surface area contributed by atoms with Crippen LogP contribution in [0.25, 0.3) is 11.0 Å². The van der Waals surface area contributed by atoms with E-state index in [2.05, 4.69) is 55.3 Å². The first-order valence-corrected chi connectivity index (χ1v) is 9.15. The van der Waals surface area contributed by atoms with Crippen LogP contribution >= 0.6 is 15.9 Å². The van der Waals surface area contributed by atoms with Crippen LogP contribution in [0.15, 0.2) is 40.9 Å². The molecule has 2 aromatic heterocycles. The number of hydrogen-bond acceptors (Lipinski definition) is 6. The standard InChI is InChI=1S/C19H21BrN4O2/c1-12(14-5-4-6-15(20)11-14)21-19-18-16(22-13(2)23-19)7-8-17(24-18)26-10-9-25-3/h4-8,11-12H,9-10H2,1-3H3,(H,21,22,23). The van der Waals surface area contributed by atoms with Gasteiger partial charge in [0.25, 0.3) is 0 Å². The van der Waals surface area contributed by atoms with E-state index in [4.69, 9.17) is 9.47 Å². The quantitative estimate of drug-likeness (QED) is 0.579. The lowest BCUT2D eigenvalue weighted by Gasteiger charge is -2.17. The molecule has 1 N–H and O–H groups in total. The van der Waals surface area contributed by atoms with Crippen molar-refractivity contribution < 1.29 is 9.47 Å². The van der Waals surface area contributed by atoms with Crippen molar-refractivity contribution in [2.45, 2.75) is 19.9 Å². The normalized spacial score (nSPS) is 12.2. The van der Waals surface area contributed by atoms with Crippen LogP contribution in [0.4, 0.5) is 5.82 Å². The number of benzene rings is 1. The van der Waals surface area contributed by atoms with Crippen molar-refractivity contribution in [3.63, 3.8) is 0 Å². The average Bonchev–Trinajstić information content (AvgIpc) is 2.62. The number of nitrogens with zero attached hydrogens (tertiary/aromatic N) is 3. The lowest BCUT2D eigenvalue weighted by molar-refractivity contribution is 0.144. The van der Waals surface area contributed by atoms with Gasteiger partial charge < -0.3 is 14.8 Å². The molecule has 1 atom stereocenters. The van der Waals surface area contributed by atoms with Gasteiger partial charge in [0.15, 0.2) is 5.82 Å². The summed E-state index contributed by atoms with van der Waals surface area (Å²) in [5.74, 6) is 1.91. The van der Waals surface area contributed by atoms with E-state index in [0.717, 1.165) is 15.6 Å². The van der Waals surface area contributed by atoms with Crippen molar-refractivity contribution in [3.05, 3.63) is 52.3 Å². The number of rotatable bonds is 7. The van der Waals surface area contributed by atoms with E-state index >= 15 is 0 Å². The monoisotopic (exact) mass is 416 g/mol. The molecule has 0 radical (unpaired) electrons. The summed E-state index contributed by atoms with van der Waals surface area (Å²) in [5.41, 5.74) is 2.61. The van der Waals surface area contributed by atoms with Gasteiger partial charge >= 0.3 is 0 Å². The molecule has 2 heterocycles. The zero-order valence-electron chi connectivity index (χ0n) is 15.0. The molecule has 0 amide bonds. The maximum Gasteiger partial charge on any atom is 0.214 e. The van der Waals surface area contributed by atoms with Crippen LogP contribution in [0.5, 0.6) is 5.88 Å². The second-order valence-corrected chi connectivity index (χ2v) is 6.81. The Labute approximate surface area is 161 Å². The molecule has 3 rings (SSSR count). The van der Waals surface area contributed by atoms with E-state index in [1.54, 1.807) is 7.11 Å². The molecule has 0 saturated heterocycles. The van der Waals surface area contributed by atoms with Gasteiger partial charge in [-0.1, -0.05) is 28.1 Å². The molecule has 6 nitrogen and oxygen atoms in total. The van der Waals surface area contributed by atoms with Gasteiger partial charge in [0.1, 0.15) is 17.9 Å². The van der Waals surface area contributed by atoms with Crippen molar-refractivity contribution in [2.24, 2.45) is 0 Å². The van der Waals surface area contributed by atoms with Crippen molar-refractivity contribution in [1.29, 1.82) is 0 Å². The third kappa shape index (κ3) is 4.47. The Morgan fingerprint density at radius 1 is 1.12 bits per heavy atom. The Kier molecular flexibility index (Phi) is 6.00. The smallest absolute Gasteiger partial charge is 0.214 e. The first-order valence-electron chi connectivity index (χ1n) is 8.36. The minimum atomic E-state index is 0.0601. The largest absolute Gasteiger partial charge is 0.475 e. The van der Waals surface area contributed by atoms with E-state index in [-0.39, 0.29) is 6.04 Å². The number of anilines is 1. The summed E-state index contributed by atoms with van der Waals surface area (Å²) in [6, 6.07) is 11.9. The van der Waals surface area contributed by atoms with E-state index in [9.17, 15) is 0 Å². The van der Waals surface area contributed by atoms with Gasteiger partial charge in [0, 0.05) is 17.6 Å². The molecule has 0 bridgehead atoms. The number of aryl methyl sites for hydroxylation is 1. The second-order valence-electron chi connectivity index (χ2n) is 5.90. The molecule has 3 aromatic rings. The summed E-state index contributed by atoms with van der Waals surface area (Å²) < 4.78 is 11.7. The molecule has 0 aliphatic rings. The minimum absolute atomic E-state index is 0.0601. The number of fused-ring (bicyclic) bond motifs is 1. The van der Waals surface area contributed by atoms with Crippen LogP contribution in [0.3, 0.4) is 0 Å². The molecular formula is C19H21BrN4O2. The molecule has 0 spiro atoms. The van der Waals surface area contributed by atoms with E-state index < -0.39 is 0 Å². The third-order valence-electron chi connectivity index (χ3n) is 3.87. The minimum Gasteiger partial charge on any atom is -0.475 e. The summed E-state index contributed by atoms with van der Waals surface area (Å²) in [6.07, 6.45) is 0. The molecule has 0 saturated carbocycles. The number of aromatic nitrogens is 3. The van der Waals surface area contributed by atoms with Gasteiger partial charge in [-0.3, -0.25) is 0 Å². The van der Waals surface area contributed by atoms with Crippen molar-refractivity contribution in [2.75, 3.05) is 25.6 Å². The SMILES string of the molecule is COCCOc1ccc2nc(C)nc(NC(C)c3cccc(Br)c3)c2n1. The van der Waals surface area contributed by atoms with Gasteiger partial charge in [-0.15, -0.1) is 0 Å². The summed E-state index contributed by atoms with van der Waals surface area (Å²) in [7, 11) is 1.64. The highest BCUT2D eigenvalue weighted by molar-refractivity contribution is 9.10. The highest BCUT2D eigenvalue weighted by Crippen LogP contribution is 2.26. The maximum atomic E-state index is 5.62. The number of pyridine rings is 1. The molecule has 136 valence electrons. The fourth-order valence-electron chi connectivity index (χ4n) is 2.59. The van der Waals surface area contributed by atoms with Crippen molar-refractivity contribution in [3.8, 4) is 5.88 Å². The molecule has 1 aromatic carbocycles. The zero-order chi connectivity index (χ0) is 18.5. The van der Waals surface area contributed by atoms with Crippen LogP contribution in [0.2, 0.25) is 0 Å². The van der Waals surface area contributed by atoms with E-state index in [0.29, 0.717) is 36.3 Å². The Morgan fingerprint density at radius 3 is 2.73 bits per heavy atom. The van der Waals surface area contributed by atoms with Gasteiger partial charge in [0.2, 0.25) is 5.88 Å². The Bertz CT molecular complexity index is 904. The van der Waals surface area contributed by atoms with Crippen LogP contribution in [-0.4, -0.2) is 35.3 Å². The van der Waals surface area contributed by atoms with Crippen LogP contribution in [0.1, 0.15) is 24.4 Å². The lowest BCUT2D eigenvalue weighted by Crippen LogP contribution is -2.11. The zero-order valence-corrected chi connectivity index (χ0v) is 16.6. The molecule has 0 fully saturated rings. The summed E-state index contributed by atoms with van der Waals surface area (Å²) in [4.78, 5) is 13.6. The molecule has 0 aliphatic heterocycles.